The number of halogens is 2. The second-order valence-corrected chi connectivity index (χ2v) is 17.0. The Morgan fingerprint density at radius 1 is 0.919 bits per heavy atom. The van der Waals surface area contributed by atoms with E-state index in [-0.39, 0.29) is 12.1 Å². The van der Waals surface area contributed by atoms with Gasteiger partial charge in [0.1, 0.15) is 0 Å². The average molecular weight is 602 g/mol. The molecule has 37 heavy (non-hydrogen) atoms. The van der Waals surface area contributed by atoms with Gasteiger partial charge in [0.15, 0.2) is 0 Å². The number of rotatable bonds is 2. The molecule has 5 aliphatic rings. The first-order chi connectivity index (χ1) is 18.0. The molecule has 0 atom stereocenters. The Morgan fingerprint density at radius 2 is 1.68 bits per heavy atom. The Hall–Kier alpha value is -2.24. The number of benzene rings is 4. The number of hydrogen-bond acceptors (Lipinski definition) is 1. The van der Waals surface area contributed by atoms with Gasteiger partial charge in [-0.1, -0.05) is 0 Å². The molecule has 0 aliphatic carbocycles. The quantitative estimate of drug-likeness (QED) is 0.154. The summed E-state index contributed by atoms with van der Waals surface area (Å²) in [5, 5.41) is 2.59. The first-order valence-electron chi connectivity index (χ1n) is 12.9. The van der Waals surface area contributed by atoms with E-state index in [1.54, 1.807) is 0 Å². The van der Waals surface area contributed by atoms with Crippen molar-refractivity contribution < 1.29 is 2.86 Å². The Labute approximate surface area is 227 Å². The number of aromatic nitrogens is 1. The van der Waals surface area contributed by atoms with Crippen LogP contribution in [-0.4, -0.2) is 37.8 Å². The van der Waals surface area contributed by atoms with Crippen LogP contribution in [0, 0.1) is 3.57 Å². The van der Waals surface area contributed by atoms with E-state index < -0.39 is 28.1 Å². The zero-order valence-corrected chi connectivity index (χ0v) is 23.5. The Kier molecular flexibility index (Phi) is 4.24. The molecule has 4 aromatic carbocycles. The van der Waals surface area contributed by atoms with Gasteiger partial charge in [0.2, 0.25) is 0 Å². The van der Waals surface area contributed by atoms with Crippen molar-refractivity contribution in [3.8, 4) is 5.69 Å². The van der Waals surface area contributed by atoms with Crippen LogP contribution in [0.1, 0.15) is 25.0 Å². The zero-order chi connectivity index (χ0) is 24.6. The fourth-order valence-electron chi connectivity index (χ4n) is 7.24. The maximum atomic E-state index is 16.2. The molecule has 6 heterocycles. The molecule has 171 valence electrons. The van der Waals surface area contributed by atoms with E-state index in [4.69, 9.17) is 2.96 Å². The summed E-state index contributed by atoms with van der Waals surface area (Å²) < 4.78 is 24.5. The third-order valence-electron chi connectivity index (χ3n) is 9.03. The summed E-state index contributed by atoms with van der Waals surface area (Å²) in [5.41, 5.74) is 10.00. The molecule has 0 saturated carbocycles. The maximum absolute atomic E-state index is 16.2. The second kappa shape index (κ2) is 7.24. The van der Waals surface area contributed by atoms with Crippen LogP contribution < -0.4 is 16.4 Å². The molecule has 5 aliphatic heterocycles. The number of fused-ring (bicyclic) bond motifs is 8. The molecule has 5 aromatic rings. The molecule has 0 unspecified atom stereocenters. The fourth-order valence-corrected chi connectivity index (χ4v) is 14.6. The van der Waals surface area contributed by atoms with Gasteiger partial charge >= 0.3 is 228 Å². The van der Waals surface area contributed by atoms with Crippen LogP contribution in [0.2, 0.25) is 0 Å². The van der Waals surface area contributed by atoms with Crippen molar-refractivity contribution in [2.24, 2.45) is 2.96 Å². The van der Waals surface area contributed by atoms with E-state index in [0.717, 1.165) is 3.57 Å². The van der Waals surface area contributed by atoms with E-state index in [1.807, 2.05) is 0 Å². The molecule has 1 aromatic heterocycles. The van der Waals surface area contributed by atoms with Gasteiger partial charge in [-0.05, 0) is 0 Å². The monoisotopic (exact) mass is 603 g/mol. The Morgan fingerprint density at radius 3 is 2.49 bits per heavy atom. The van der Waals surface area contributed by atoms with Crippen molar-refractivity contribution in [2.45, 2.75) is 19.3 Å². The Bertz CT molecular complexity index is 1870. The molecular weight excluding hydrogens is 583 g/mol. The van der Waals surface area contributed by atoms with Crippen LogP contribution in [0.3, 0.4) is 0 Å². The zero-order valence-electron chi connectivity index (χ0n) is 20.5. The summed E-state index contributed by atoms with van der Waals surface area (Å²) in [7, 11) is 4.15. The fraction of sp³-hybridized carbons (Fsp3) is 0.111. The summed E-state index contributed by atoms with van der Waals surface area (Å²) in [6, 6.07) is 28.6. The van der Waals surface area contributed by atoms with E-state index >= 15 is 2.86 Å². The molecule has 3 saturated heterocycles. The predicted molar refractivity (Wildman–Crippen MR) is 170 cm³/mol. The molecule has 10 rings (SSSR count). The van der Waals surface area contributed by atoms with Crippen LogP contribution in [0.15, 0.2) is 81.8 Å². The molecule has 3 fully saturated rings. The normalized spacial score (nSPS) is 17.6. The number of para-hydroxylation sites is 2. The average Bonchev–Trinajstić information content (AvgIpc) is 3.21. The van der Waals surface area contributed by atoms with Crippen LogP contribution in [0.25, 0.3) is 27.5 Å². The van der Waals surface area contributed by atoms with Crippen molar-refractivity contribution in [1.29, 1.82) is 0 Å². The molecule has 0 N–H and O–H groups in total. The molecule has 2 nitrogen and oxygen atoms in total. The van der Waals surface area contributed by atoms with E-state index in [0.29, 0.717) is 12.4 Å². The summed E-state index contributed by atoms with van der Waals surface area (Å²) in [4.78, 5) is 0. The summed E-state index contributed by atoms with van der Waals surface area (Å²) in [6.45, 7) is 4.70. The summed E-state index contributed by atoms with van der Waals surface area (Å²) in [6.07, 6.45) is 0.952. The van der Waals surface area contributed by atoms with Crippen molar-refractivity contribution in [3.05, 3.63) is 93.6 Å². The van der Waals surface area contributed by atoms with Crippen molar-refractivity contribution in [1.82, 2.24) is 4.57 Å². The van der Waals surface area contributed by atoms with Crippen molar-refractivity contribution in [3.63, 3.8) is 0 Å². The minimum absolute atomic E-state index is 0.100. The van der Waals surface area contributed by atoms with Crippen LogP contribution in [0.5, 0.6) is 0 Å². The SMILES string of the molecule is CC1(C)c2ccc3c4ccccc4n4c3c2B(c2ccccc2-4)c2cccc(I(F)N=[P+]3B4[B]B3[B-]4)c21. The number of nitrogens with zero attached hydrogens (tertiary/aromatic N) is 2. The van der Waals surface area contributed by atoms with Gasteiger partial charge < -0.3 is 0 Å². The van der Waals surface area contributed by atoms with Crippen LogP contribution >= 0.6 is 28.1 Å². The molecule has 2 bridgehead atoms. The number of hydrogen-bond donors (Lipinski definition) is 0. The molecule has 3 radical (unpaired) electrons. The summed E-state index contributed by atoms with van der Waals surface area (Å²) in [5.74, 6) is 0. The van der Waals surface area contributed by atoms with Gasteiger partial charge in [-0.25, -0.2) is 0 Å². The summed E-state index contributed by atoms with van der Waals surface area (Å²) >= 11 is -3.14. The van der Waals surface area contributed by atoms with Gasteiger partial charge in [0.05, 0.1) is 0 Å². The van der Waals surface area contributed by atoms with Crippen molar-refractivity contribution in [2.75, 3.05) is 0 Å². The molecule has 0 spiro atoms. The van der Waals surface area contributed by atoms with E-state index in [2.05, 4.69) is 111 Å². The molecule has 0 amide bonds. The van der Waals surface area contributed by atoms with Crippen molar-refractivity contribution >= 4 is 99.6 Å². The third kappa shape index (κ3) is 2.59. The first-order valence-corrected chi connectivity index (χ1v) is 17.2. The standard InChI is InChI=1S/C27H19B5FIN2P/c1-27(2)18-15-14-17-16-8-3-5-12-22(16)36-23-13-6-4-9-19(23)30(25(18)26(17)36)20-10-7-11-21(24(20)27)34(33)35-37-31-28-32(37)29-31/h3-15H,1-2H3. The van der Waals surface area contributed by atoms with Gasteiger partial charge in [-0.2, -0.15) is 0 Å². The van der Waals surface area contributed by atoms with Crippen LogP contribution in [-0.2, 0) is 5.41 Å². The van der Waals surface area contributed by atoms with Gasteiger partial charge in [-0.15, -0.1) is 0 Å². The van der Waals surface area contributed by atoms with Gasteiger partial charge in [-0.3, -0.25) is 0 Å². The predicted octanol–water partition coefficient (Wildman–Crippen LogP) is 4.80. The first kappa shape index (κ1) is 21.7. The van der Waals surface area contributed by atoms with Crippen LogP contribution in [0.4, 0.5) is 2.86 Å². The topological polar surface area (TPSA) is 17.3 Å². The minimum atomic E-state index is -3.14. The van der Waals surface area contributed by atoms with Gasteiger partial charge in [0.25, 0.3) is 0 Å². The van der Waals surface area contributed by atoms with E-state index in [1.165, 1.54) is 55.0 Å². The molecular formula is C27H19B5FIN2P. The molecule has 10 heteroatoms. The Balaban J connectivity index is 1.39. The second-order valence-electron chi connectivity index (χ2n) is 11.1. The van der Waals surface area contributed by atoms with E-state index in [9.17, 15) is 0 Å². The third-order valence-corrected chi connectivity index (χ3v) is 15.7. The van der Waals surface area contributed by atoms with Gasteiger partial charge in [0, 0.05) is 0 Å².